The number of piperidine rings is 1. The van der Waals surface area contributed by atoms with Crippen molar-refractivity contribution in [2.24, 2.45) is 0 Å². The molecule has 13 heteroatoms. The number of hydrogen-bond donors (Lipinski definition) is 2. The molecular formula is C31H41BrN6O6. The van der Waals surface area contributed by atoms with Crippen molar-refractivity contribution in [2.75, 3.05) is 39.7 Å². The first-order valence-corrected chi connectivity index (χ1v) is 15.6. The molecule has 12 nitrogen and oxygen atoms in total. The molecule has 3 heterocycles. The third-order valence-electron chi connectivity index (χ3n) is 8.18. The van der Waals surface area contributed by atoms with Crippen LogP contribution in [0.5, 0.6) is 11.5 Å². The predicted molar refractivity (Wildman–Crippen MR) is 168 cm³/mol. The molecule has 0 spiro atoms. The molecule has 1 aliphatic heterocycles. The summed E-state index contributed by atoms with van der Waals surface area (Å²) in [5, 5.41) is 6.82. The van der Waals surface area contributed by atoms with Gasteiger partial charge in [0.05, 0.1) is 21.3 Å². The molecule has 2 fully saturated rings. The van der Waals surface area contributed by atoms with Crippen LogP contribution in [-0.2, 0) is 20.8 Å². The van der Waals surface area contributed by atoms with E-state index in [0.29, 0.717) is 42.2 Å². The number of imidazole rings is 1. The zero-order valence-electron chi connectivity index (χ0n) is 26.1. The lowest BCUT2D eigenvalue weighted by molar-refractivity contribution is -0.144. The van der Waals surface area contributed by atoms with Crippen molar-refractivity contribution in [3.8, 4) is 11.5 Å². The van der Waals surface area contributed by atoms with Gasteiger partial charge in [-0.15, -0.1) is 0 Å². The third kappa shape index (κ3) is 6.73. The maximum absolute atomic E-state index is 13.5. The number of methoxy groups -OCH3 is 3. The Kier molecular flexibility index (Phi) is 9.26. The number of anilines is 1. The van der Waals surface area contributed by atoms with Crippen LogP contribution in [0, 0.1) is 0 Å². The highest BCUT2D eigenvalue weighted by Crippen LogP contribution is 2.38. The Labute approximate surface area is 265 Å². The van der Waals surface area contributed by atoms with Gasteiger partial charge in [-0.05, 0) is 74.5 Å². The van der Waals surface area contributed by atoms with Crippen LogP contribution >= 0.6 is 15.9 Å². The van der Waals surface area contributed by atoms with Gasteiger partial charge in [0.2, 0.25) is 0 Å². The SMILES string of the molecule is COC(=O)C1(NC[C@H]2CC[C@@H](c3nc(Br)c4c(NCc5ccc(OC)cc5OC)nccn34)CN2C(=O)OC(C)(C)C)CC1. The highest BCUT2D eigenvalue weighted by Gasteiger charge is 2.51. The summed E-state index contributed by atoms with van der Waals surface area (Å²) >= 11 is 3.67. The van der Waals surface area contributed by atoms with Crippen LogP contribution in [0.15, 0.2) is 35.2 Å². The smallest absolute Gasteiger partial charge is 0.410 e. The predicted octanol–water partition coefficient (Wildman–Crippen LogP) is 4.90. The van der Waals surface area contributed by atoms with Gasteiger partial charge in [-0.1, -0.05) is 0 Å². The van der Waals surface area contributed by atoms with E-state index in [4.69, 9.17) is 23.9 Å². The number of nitrogens with one attached hydrogen (secondary N) is 2. The monoisotopic (exact) mass is 672 g/mol. The number of fused-ring (bicyclic) bond motifs is 1. The van der Waals surface area contributed by atoms with Crippen LogP contribution in [0.3, 0.4) is 0 Å². The minimum Gasteiger partial charge on any atom is -0.497 e. The molecule has 2 aliphatic rings. The zero-order valence-corrected chi connectivity index (χ0v) is 27.7. The molecule has 1 aromatic carbocycles. The first-order chi connectivity index (χ1) is 21.0. The van der Waals surface area contributed by atoms with Gasteiger partial charge in [-0.25, -0.2) is 14.8 Å². The molecule has 1 saturated carbocycles. The van der Waals surface area contributed by atoms with Gasteiger partial charge in [0.15, 0.2) is 5.82 Å². The minimum atomic E-state index is -0.651. The highest BCUT2D eigenvalue weighted by atomic mass is 79.9. The van der Waals surface area contributed by atoms with Gasteiger partial charge in [0, 0.05) is 55.6 Å². The first kappa shape index (κ1) is 31.8. The van der Waals surface area contributed by atoms with Crippen molar-refractivity contribution in [1.82, 2.24) is 24.6 Å². The van der Waals surface area contributed by atoms with E-state index >= 15 is 0 Å². The minimum absolute atomic E-state index is 0.0509. The van der Waals surface area contributed by atoms with Crippen molar-refractivity contribution in [3.05, 3.63) is 46.6 Å². The number of likely N-dealkylation sites (tertiary alicyclic amines) is 1. The number of amides is 1. The number of aromatic nitrogens is 3. The summed E-state index contributed by atoms with van der Waals surface area (Å²) in [5.41, 5.74) is 0.458. The van der Waals surface area contributed by atoms with Crippen LogP contribution in [0.4, 0.5) is 10.6 Å². The molecule has 44 heavy (non-hydrogen) atoms. The van der Waals surface area contributed by atoms with Crippen LogP contribution in [0.1, 0.15) is 63.8 Å². The van der Waals surface area contributed by atoms with Gasteiger partial charge in [0.25, 0.3) is 0 Å². The summed E-state index contributed by atoms with van der Waals surface area (Å²) in [6, 6.07) is 5.55. The third-order valence-corrected chi connectivity index (χ3v) is 8.73. The number of rotatable bonds is 10. The van der Waals surface area contributed by atoms with Gasteiger partial charge >= 0.3 is 12.1 Å². The topological polar surface area (TPSA) is 129 Å². The van der Waals surface area contributed by atoms with Gasteiger partial charge in [0.1, 0.15) is 38.6 Å². The van der Waals surface area contributed by atoms with Crippen molar-refractivity contribution < 1.29 is 28.5 Å². The number of hydrogen-bond acceptors (Lipinski definition) is 10. The summed E-state index contributed by atoms with van der Waals surface area (Å²) in [6.07, 6.45) is 6.22. The maximum atomic E-state index is 13.5. The zero-order chi connectivity index (χ0) is 31.6. The Balaban J connectivity index is 1.37. The number of halogens is 1. The first-order valence-electron chi connectivity index (χ1n) is 14.8. The van der Waals surface area contributed by atoms with E-state index in [1.54, 1.807) is 25.3 Å². The van der Waals surface area contributed by atoms with Crippen molar-refractivity contribution >= 4 is 39.3 Å². The molecule has 238 valence electrons. The van der Waals surface area contributed by atoms with E-state index in [9.17, 15) is 9.59 Å². The fourth-order valence-corrected chi connectivity index (χ4v) is 6.26. The molecule has 1 saturated heterocycles. The lowest BCUT2D eigenvalue weighted by Gasteiger charge is -2.40. The average molecular weight is 674 g/mol. The molecule has 5 rings (SSSR count). The molecule has 2 N–H and O–H groups in total. The van der Waals surface area contributed by atoms with E-state index in [1.165, 1.54) is 7.11 Å². The number of esters is 1. The number of ether oxygens (including phenoxy) is 4. The van der Waals surface area contributed by atoms with E-state index in [1.807, 2.05) is 49.6 Å². The summed E-state index contributed by atoms with van der Waals surface area (Å²) in [4.78, 5) is 37.1. The van der Waals surface area contributed by atoms with Crippen LogP contribution in [0.2, 0.25) is 0 Å². The molecule has 1 amide bonds. The quantitative estimate of drug-likeness (QED) is 0.287. The van der Waals surface area contributed by atoms with E-state index in [0.717, 1.165) is 41.9 Å². The number of carbonyl (C=O) groups is 2. The molecule has 3 aromatic rings. The highest BCUT2D eigenvalue weighted by molar-refractivity contribution is 9.10. The summed E-state index contributed by atoms with van der Waals surface area (Å²) in [7, 11) is 4.66. The van der Waals surface area contributed by atoms with Crippen LogP contribution < -0.4 is 20.1 Å². The Bertz CT molecular complexity index is 1520. The molecule has 2 aromatic heterocycles. The van der Waals surface area contributed by atoms with Gasteiger partial charge in [-0.2, -0.15) is 0 Å². The van der Waals surface area contributed by atoms with Crippen molar-refractivity contribution in [1.29, 1.82) is 0 Å². The number of benzene rings is 1. The van der Waals surface area contributed by atoms with Crippen LogP contribution in [-0.4, -0.2) is 82.9 Å². The van der Waals surface area contributed by atoms with E-state index in [2.05, 4.69) is 31.5 Å². The van der Waals surface area contributed by atoms with E-state index < -0.39 is 11.1 Å². The Hall–Kier alpha value is -3.58. The lowest BCUT2D eigenvalue weighted by Crippen LogP contribution is -2.54. The Morgan fingerprint density at radius 3 is 2.57 bits per heavy atom. The van der Waals surface area contributed by atoms with Crippen molar-refractivity contribution in [2.45, 2.75) is 76.1 Å². The fourth-order valence-electron chi connectivity index (χ4n) is 5.69. The lowest BCUT2D eigenvalue weighted by atomic mass is 9.92. The summed E-state index contributed by atoms with van der Waals surface area (Å²) in [6.45, 7) is 6.95. The normalized spacial score (nSPS) is 19.4. The summed E-state index contributed by atoms with van der Waals surface area (Å²) in [5.74, 6) is 2.61. The Morgan fingerprint density at radius 1 is 1.14 bits per heavy atom. The average Bonchev–Trinajstić information content (AvgIpc) is 3.73. The molecule has 0 radical (unpaired) electrons. The maximum Gasteiger partial charge on any atom is 0.410 e. The largest absolute Gasteiger partial charge is 0.497 e. The molecule has 2 atom stereocenters. The molecule has 0 bridgehead atoms. The van der Waals surface area contributed by atoms with Crippen molar-refractivity contribution in [3.63, 3.8) is 0 Å². The second kappa shape index (κ2) is 12.8. The van der Waals surface area contributed by atoms with E-state index in [-0.39, 0.29) is 24.0 Å². The number of nitrogens with zero attached hydrogens (tertiary/aromatic N) is 4. The second-order valence-electron chi connectivity index (χ2n) is 12.3. The molecule has 1 aliphatic carbocycles. The summed E-state index contributed by atoms with van der Waals surface area (Å²) < 4.78 is 24.4. The molecule has 0 unspecified atom stereocenters. The fraction of sp³-hybridized carbons (Fsp3) is 0.548. The second-order valence-corrected chi connectivity index (χ2v) is 13.1. The standard InChI is InChI=1S/C31H41BrN6O6/c1-30(2,3)44-29(40)38-18-20(7-9-21(38)17-35-31(11-12-31)28(39)43-6)27-36-25(32)24-26(33-13-14-37(24)27)34-16-19-8-10-22(41-4)15-23(19)42-5/h8,10,13-15,20-21,35H,7,9,11-12,16-18H2,1-6H3,(H,33,34)/t20-,21-/m1/s1. The van der Waals surface area contributed by atoms with Gasteiger partial charge in [-0.3, -0.25) is 14.5 Å². The Morgan fingerprint density at radius 2 is 1.91 bits per heavy atom. The van der Waals surface area contributed by atoms with Gasteiger partial charge < -0.3 is 29.2 Å². The number of carbonyl (C=O) groups excluding carboxylic acids is 2. The van der Waals surface area contributed by atoms with Crippen LogP contribution in [0.25, 0.3) is 5.52 Å². The molecular weight excluding hydrogens is 632 g/mol.